The third-order valence-corrected chi connectivity index (χ3v) is 0.654. The summed E-state index contributed by atoms with van der Waals surface area (Å²) in [5.41, 5.74) is 0. The fraction of sp³-hybridized carbons (Fsp3) is 0. The minimum Gasteiger partial charge on any atom is -0.344 e. The van der Waals surface area contributed by atoms with Gasteiger partial charge in [-0.3, -0.25) is 0 Å². The summed E-state index contributed by atoms with van der Waals surface area (Å²) in [5, 5.41) is 0.252. The van der Waals surface area contributed by atoms with Crippen molar-refractivity contribution in [2.75, 3.05) is 0 Å². The summed E-state index contributed by atoms with van der Waals surface area (Å²) in [5.74, 6) is 0. The van der Waals surface area contributed by atoms with Crippen molar-refractivity contribution in [3.8, 4) is 0 Å². The van der Waals surface area contributed by atoms with Crippen molar-refractivity contribution in [1.29, 1.82) is 0 Å². The van der Waals surface area contributed by atoms with Gasteiger partial charge in [-0.1, -0.05) is 0 Å². The second kappa shape index (κ2) is 6.72. The fourth-order valence-electron chi connectivity index (χ4n) is 0.245. The molecule has 3 nitrogen and oxygen atoms in total. The Morgan fingerprint density at radius 3 is 1.57 bits per heavy atom. The molecule has 0 saturated carbocycles. The van der Waals surface area contributed by atoms with E-state index in [1.54, 1.807) is 0 Å². The molecule has 0 aliphatic carbocycles. The average Bonchev–Trinajstić information content (AvgIpc) is 1.83. The van der Waals surface area contributed by atoms with E-state index >= 15 is 0 Å². The van der Waals surface area contributed by atoms with E-state index in [-0.39, 0.29) is 11.4 Å². The van der Waals surface area contributed by atoms with Gasteiger partial charge in [0.1, 0.15) is 18.8 Å². The molecule has 0 aromatic carbocycles. The molecular weight excluding hydrogens is 338 g/mol. The number of hydrogen-bond acceptors (Lipinski definition) is 3. The van der Waals surface area contributed by atoms with Crippen LogP contribution in [0.25, 0.3) is 0 Å². The summed E-state index contributed by atoms with van der Waals surface area (Å²) in [6.07, 6.45) is 4.07. The molecule has 0 spiro atoms. The zero-order chi connectivity index (χ0) is 10.6. The zero-order valence-corrected chi connectivity index (χ0v) is 11.9. The normalized spacial score (nSPS) is 16.7. The maximum atomic E-state index is 5.28. The number of halogens is 6. The Morgan fingerprint density at radius 2 is 1.43 bits per heavy atom. The summed E-state index contributed by atoms with van der Waals surface area (Å²) in [6.45, 7) is 0. The summed E-state index contributed by atoms with van der Waals surface area (Å²) in [4.78, 5) is 0. The summed E-state index contributed by atoms with van der Waals surface area (Å²) in [6, 6.07) is 0. The van der Waals surface area contributed by atoms with Gasteiger partial charge in [-0.05, 0) is 11.6 Å². The Balaban J connectivity index is 0. The van der Waals surface area contributed by atoms with Crippen LogP contribution < -0.4 is 6.15 Å². The zero-order valence-electron chi connectivity index (χ0n) is 6.47. The monoisotopic (exact) mass is 341 g/mol. The minimum absolute atomic E-state index is 0. The van der Waals surface area contributed by atoms with E-state index in [1.807, 2.05) is 0 Å². The van der Waals surface area contributed by atoms with Gasteiger partial charge in [0.2, 0.25) is 5.22 Å². The van der Waals surface area contributed by atoms with Gasteiger partial charge in [0, 0.05) is 0 Å². The van der Waals surface area contributed by atoms with Crippen LogP contribution >= 0.6 is 71.2 Å². The van der Waals surface area contributed by atoms with Gasteiger partial charge in [0.05, 0.1) is 0 Å². The molecule has 10 heteroatoms. The van der Waals surface area contributed by atoms with Crippen LogP contribution in [0.4, 0.5) is 0 Å². The molecule has 1 aliphatic heterocycles. The predicted octanol–water partition coefficient (Wildman–Crippen LogP) is 6.01. The molecule has 0 atom stereocenters. The molecule has 0 radical (unpaired) electrons. The third-order valence-electron chi connectivity index (χ3n) is 0.475. The number of rotatable bonds is 0. The molecular formula is C4H6Cl6NO2P. The minimum atomic E-state index is -3.69. The molecule has 86 valence electrons. The van der Waals surface area contributed by atoms with Crippen molar-refractivity contribution in [2.24, 2.45) is 0 Å². The molecule has 0 saturated heterocycles. The van der Waals surface area contributed by atoms with E-state index in [2.05, 4.69) is 9.47 Å². The number of ether oxygens (including phenoxy) is 2. The van der Waals surface area contributed by atoms with Crippen molar-refractivity contribution < 1.29 is 9.47 Å². The van der Waals surface area contributed by atoms with Crippen molar-refractivity contribution in [1.82, 2.24) is 6.15 Å². The Labute approximate surface area is 110 Å². The molecule has 0 amide bonds. The standard InChI is InChI=1S/C4H3ClO2.Cl5P.H3N/c5-4-3-6-1-2-7-4;1-6(2,3,4)5;/h1-3H;;1H3. The van der Waals surface area contributed by atoms with E-state index in [4.69, 9.17) is 67.8 Å². The summed E-state index contributed by atoms with van der Waals surface area (Å²) < 4.78 is 5.49. The fourth-order valence-corrected chi connectivity index (χ4v) is 0.348. The second-order valence-corrected chi connectivity index (χ2v) is 18.6. The molecule has 14 heavy (non-hydrogen) atoms. The first-order valence-corrected chi connectivity index (χ1v) is 9.71. The third kappa shape index (κ3) is 23.2. The molecule has 0 aromatic rings. The Bertz CT molecular complexity index is 217. The Hall–Kier alpha value is 1.21. The average molecular weight is 344 g/mol. The summed E-state index contributed by atoms with van der Waals surface area (Å²) >= 11 is 30.2. The maximum Gasteiger partial charge on any atom is -0.344 e. The molecule has 1 heterocycles. The molecule has 0 unspecified atom stereocenters. The van der Waals surface area contributed by atoms with Gasteiger partial charge < -0.3 is 15.6 Å². The van der Waals surface area contributed by atoms with Crippen LogP contribution in [-0.2, 0) is 9.47 Å². The van der Waals surface area contributed by atoms with Crippen LogP contribution in [0.5, 0.6) is 0 Å². The van der Waals surface area contributed by atoms with Gasteiger partial charge in [-0.15, -0.1) is 0 Å². The Morgan fingerprint density at radius 1 is 1.00 bits per heavy atom. The molecule has 1 aliphatic rings. The maximum absolute atomic E-state index is 5.28. The first-order chi connectivity index (χ1) is 5.63. The Kier molecular flexibility index (Phi) is 8.45. The van der Waals surface area contributed by atoms with Crippen LogP contribution in [0.15, 0.2) is 24.0 Å². The molecule has 0 bridgehead atoms. The van der Waals surface area contributed by atoms with Gasteiger partial charge in [-0.2, -0.15) is 0 Å². The van der Waals surface area contributed by atoms with Gasteiger partial charge in [0.15, 0.2) is 0 Å². The van der Waals surface area contributed by atoms with Crippen LogP contribution in [0, 0.1) is 0 Å². The smallest absolute Gasteiger partial charge is 0.344 e. The topological polar surface area (TPSA) is 53.5 Å². The van der Waals surface area contributed by atoms with Gasteiger partial charge in [0.25, 0.3) is 0 Å². The van der Waals surface area contributed by atoms with Crippen LogP contribution in [0.1, 0.15) is 0 Å². The SMILES string of the molecule is ClC1=COC=CO1.ClP(Cl)(Cl)(Cl)Cl.N. The van der Waals surface area contributed by atoms with Crippen molar-refractivity contribution in [2.45, 2.75) is 0 Å². The van der Waals surface area contributed by atoms with Gasteiger partial charge in [-0.25, -0.2) is 0 Å². The van der Waals surface area contributed by atoms with E-state index in [1.165, 1.54) is 18.8 Å². The van der Waals surface area contributed by atoms with Crippen molar-refractivity contribution >= 4 is 71.2 Å². The van der Waals surface area contributed by atoms with Gasteiger partial charge >= 0.3 is 59.6 Å². The molecule has 0 aromatic heterocycles. The van der Waals surface area contributed by atoms with Crippen molar-refractivity contribution in [3.05, 3.63) is 24.0 Å². The summed E-state index contributed by atoms with van der Waals surface area (Å²) in [7, 11) is 0. The molecule has 1 rings (SSSR count). The van der Waals surface area contributed by atoms with E-state index in [0.717, 1.165) is 0 Å². The van der Waals surface area contributed by atoms with E-state index in [9.17, 15) is 0 Å². The second-order valence-electron chi connectivity index (χ2n) is 1.59. The largest absolute Gasteiger partial charge is 0.344 e. The molecule has 3 N–H and O–H groups in total. The molecule has 0 fully saturated rings. The van der Waals surface area contributed by atoms with Crippen LogP contribution in [-0.4, -0.2) is 0 Å². The van der Waals surface area contributed by atoms with E-state index in [0.29, 0.717) is 0 Å². The van der Waals surface area contributed by atoms with Crippen LogP contribution in [0.2, 0.25) is 0 Å². The number of hydrogen-bond donors (Lipinski definition) is 1. The quantitative estimate of drug-likeness (QED) is 0.548. The first-order valence-electron chi connectivity index (χ1n) is 2.57. The predicted molar refractivity (Wildman–Crippen MR) is 66.5 cm³/mol. The first kappa shape index (κ1) is 17.6. The van der Waals surface area contributed by atoms with Crippen molar-refractivity contribution in [3.63, 3.8) is 0 Å². The van der Waals surface area contributed by atoms with E-state index < -0.39 is 3.37 Å². The van der Waals surface area contributed by atoms with Crippen LogP contribution in [0.3, 0.4) is 0 Å².